The molecule has 1 atom stereocenters. The van der Waals surface area contributed by atoms with Crippen molar-refractivity contribution in [3.05, 3.63) is 29.8 Å². The third kappa shape index (κ3) is 3.24. The van der Waals surface area contributed by atoms with Crippen LogP contribution in [-0.4, -0.2) is 26.8 Å². The van der Waals surface area contributed by atoms with Crippen molar-refractivity contribution in [2.45, 2.75) is 26.7 Å². The van der Waals surface area contributed by atoms with Crippen LogP contribution in [0.2, 0.25) is 0 Å². The van der Waals surface area contributed by atoms with Gasteiger partial charge in [0.1, 0.15) is 0 Å². The standard InChI is InChI=1S/C14H23NO/c1-5-15(6-2)14-9-7-13(8-10-14)12(3)11-16-4/h7-10,12H,5-6,11H2,1-4H3. The highest BCUT2D eigenvalue weighted by Crippen LogP contribution is 2.20. The summed E-state index contributed by atoms with van der Waals surface area (Å²) in [7, 11) is 1.75. The van der Waals surface area contributed by atoms with E-state index in [-0.39, 0.29) is 0 Å². The Morgan fingerprint density at radius 3 is 2.12 bits per heavy atom. The molecule has 0 fully saturated rings. The summed E-state index contributed by atoms with van der Waals surface area (Å²) in [6.45, 7) is 9.46. The molecular weight excluding hydrogens is 198 g/mol. The minimum Gasteiger partial charge on any atom is -0.384 e. The highest BCUT2D eigenvalue weighted by Gasteiger charge is 2.06. The van der Waals surface area contributed by atoms with Crippen molar-refractivity contribution in [2.24, 2.45) is 0 Å². The molecule has 1 unspecified atom stereocenters. The van der Waals surface area contributed by atoms with Crippen LogP contribution in [0.5, 0.6) is 0 Å². The highest BCUT2D eigenvalue weighted by atomic mass is 16.5. The second-order valence-corrected chi connectivity index (χ2v) is 4.12. The fourth-order valence-corrected chi connectivity index (χ4v) is 1.95. The predicted octanol–water partition coefficient (Wildman–Crippen LogP) is 3.28. The summed E-state index contributed by atoms with van der Waals surface area (Å²) in [5.74, 6) is 0.468. The summed E-state index contributed by atoms with van der Waals surface area (Å²) in [4.78, 5) is 2.35. The number of ether oxygens (including phenoxy) is 1. The van der Waals surface area contributed by atoms with Crippen molar-refractivity contribution in [3.8, 4) is 0 Å². The van der Waals surface area contributed by atoms with Crippen LogP contribution in [-0.2, 0) is 4.74 Å². The summed E-state index contributed by atoms with van der Waals surface area (Å²) < 4.78 is 5.17. The molecule has 1 aromatic rings. The molecule has 0 radical (unpaired) electrons. The van der Waals surface area contributed by atoms with Gasteiger partial charge in [-0.05, 0) is 31.5 Å². The molecule has 1 rings (SSSR count). The van der Waals surface area contributed by atoms with Crippen molar-refractivity contribution in [1.29, 1.82) is 0 Å². The van der Waals surface area contributed by atoms with E-state index in [1.807, 2.05) is 0 Å². The van der Waals surface area contributed by atoms with Gasteiger partial charge in [0.25, 0.3) is 0 Å². The lowest BCUT2D eigenvalue weighted by Crippen LogP contribution is -2.21. The lowest BCUT2D eigenvalue weighted by atomic mass is 10.0. The van der Waals surface area contributed by atoms with Crippen molar-refractivity contribution in [1.82, 2.24) is 0 Å². The Kier molecular flexibility index (Phi) is 5.33. The van der Waals surface area contributed by atoms with Crippen molar-refractivity contribution < 1.29 is 4.74 Å². The number of nitrogens with zero attached hydrogens (tertiary/aromatic N) is 1. The summed E-state index contributed by atoms with van der Waals surface area (Å²) in [5.41, 5.74) is 2.65. The molecule has 0 saturated carbocycles. The average molecular weight is 221 g/mol. The molecule has 0 amide bonds. The first-order valence-electron chi connectivity index (χ1n) is 6.06. The van der Waals surface area contributed by atoms with E-state index >= 15 is 0 Å². The molecular formula is C14H23NO. The maximum Gasteiger partial charge on any atom is 0.0528 e. The van der Waals surface area contributed by atoms with E-state index in [1.165, 1.54) is 11.3 Å². The van der Waals surface area contributed by atoms with Gasteiger partial charge in [-0.15, -0.1) is 0 Å². The van der Waals surface area contributed by atoms with Gasteiger partial charge < -0.3 is 9.64 Å². The molecule has 2 nitrogen and oxygen atoms in total. The van der Waals surface area contributed by atoms with E-state index in [9.17, 15) is 0 Å². The zero-order chi connectivity index (χ0) is 12.0. The predicted molar refractivity (Wildman–Crippen MR) is 70.3 cm³/mol. The zero-order valence-electron chi connectivity index (χ0n) is 10.9. The molecule has 0 aromatic heterocycles. The quantitative estimate of drug-likeness (QED) is 0.731. The van der Waals surface area contributed by atoms with E-state index in [0.717, 1.165) is 19.7 Å². The first-order chi connectivity index (χ1) is 7.72. The van der Waals surface area contributed by atoms with E-state index in [2.05, 4.69) is 49.9 Å². The molecule has 0 saturated heterocycles. The Labute approximate surface area is 99.2 Å². The van der Waals surface area contributed by atoms with Gasteiger partial charge in [-0.2, -0.15) is 0 Å². The molecule has 0 aliphatic carbocycles. The molecule has 90 valence electrons. The topological polar surface area (TPSA) is 12.5 Å². The third-order valence-corrected chi connectivity index (χ3v) is 3.01. The monoisotopic (exact) mass is 221 g/mol. The Morgan fingerprint density at radius 2 is 1.69 bits per heavy atom. The number of methoxy groups -OCH3 is 1. The first-order valence-corrected chi connectivity index (χ1v) is 6.06. The first kappa shape index (κ1) is 13.0. The molecule has 16 heavy (non-hydrogen) atoms. The molecule has 2 heteroatoms. The zero-order valence-corrected chi connectivity index (χ0v) is 10.9. The van der Waals surface area contributed by atoms with Crippen LogP contribution >= 0.6 is 0 Å². The van der Waals surface area contributed by atoms with E-state index in [0.29, 0.717) is 5.92 Å². The summed E-state index contributed by atoms with van der Waals surface area (Å²) >= 11 is 0. The van der Waals surface area contributed by atoms with Gasteiger partial charge in [-0.25, -0.2) is 0 Å². The molecule has 0 heterocycles. The average Bonchev–Trinajstić information content (AvgIpc) is 2.32. The van der Waals surface area contributed by atoms with Gasteiger partial charge in [-0.3, -0.25) is 0 Å². The lowest BCUT2D eigenvalue weighted by molar-refractivity contribution is 0.184. The fourth-order valence-electron chi connectivity index (χ4n) is 1.95. The van der Waals surface area contributed by atoms with Gasteiger partial charge >= 0.3 is 0 Å². The normalized spacial score (nSPS) is 12.5. The van der Waals surface area contributed by atoms with Crippen LogP contribution in [0.1, 0.15) is 32.3 Å². The molecule has 0 spiro atoms. The van der Waals surface area contributed by atoms with Crippen LogP contribution in [0.3, 0.4) is 0 Å². The van der Waals surface area contributed by atoms with E-state index in [4.69, 9.17) is 4.74 Å². The smallest absolute Gasteiger partial charge is 0.0528 e. The van der Waals surface area contributed by atoms with Gasteiger partial charge in [0.2, 0.25) is 0 Å². The number of rotatable bonds is 6. The number of hydrogen-bond donors (Lipinski definition) is 0. The Bertz CT molecular complexity index is 290. The SMILES string of the molecule is CCN(CC)c1ccc(C(C)COC)cc1. The Morgan fingerprint density at radius 1 is 1.12 bits per heavy atom. The molecule has 0 aliphatic heterocycles. The Balaban J connectivity index is 2.74. The van der Waals surface area contributed by atoms with Gasteiger partial charge in [0, 0.05) is 31.8 Å². The number of anilines is 1. The fraction of sp³-hybridized carbons (Fsp3) is 0.571. The van der Waals surface area contributed by atoms with E-state index < -0.39 is 0 Å². The third-order valence-electron chi connectivity index (χ3n) is 3.01. The summed E-state index contributed by atoms with van der Waals surface area (Å²) in [5, 5.41) is 0. The van der Waals surface area contributed by atoms with Crippen LogP contribution in [0.25, 0.3) is 0 Å². The largest absolute Gasteiger partial charge is 0.384 e. The minimum atomic E-state index is 0.468. The van der Waals surface area contributed by atoms with Crippen LogP contribution < -0.4 is 4.90 Å². The van der Waals surface area contributed by atoms with Gasteiger partial charge in [-0.1, -0.05) is 19.1 Å². The molecule has 0 aliphatic rings. The molecule has 0 bridgehead atoms. The molecule has 1 aromatic carbocycles. The number of benzene rings is 1. The van der Waals surface area contributed by atoms with Crippen LogP contribution in [0, 0.1) is 0 Å². The summed E-state index contributed by atoms with van der Waals surface area (Å²) in [6.07, 6.45) is 0. The number of hydrogen-bond acceptors (Lipinski definition) is 2. The van der Waals surface area contributed by atoms with E-state index in [1.54, 1.807) is 7.11 Å². The van der Waals surface area contributed by atoms with Gasteiger partial charge in [0.05, 0.1) is 6.61 Å². The Hall–Kier alpha value is -1.02. The second kappa shape index (κ2) is 6.54. The minimum absolute atomic E-state index is 0.468. The highest BCUT2D eigenvalue weighted by molar-refractivity contribution is 5.47. The summed E-state index contributed by atoms with van der Waals surface area (Å²) in [6, 6.07) is 8.82. The maximum absolute atomic E-state index is 5.17. The van der Waals surface area contributed by atoms with Crippen LogP contribution in [0.15, 0.2) is 24.3 Å². The lowest BCUT2D eigenvalue weighted by Gasteiger charge is -2.21. The second-order valence-electron chi connectivity index (χ2n) is 4.12. The maximum atomic E-state index is 5.17. The molecule has 0 N–H and O–H groups in total. The van der Waals surface area contributed by atoms with Crippen molar-refractivity contribution in [3.63, 3.8) is 0 Å². The van der Waals surface area contributed by atoms with Crippen LogP contribution in [0.4, 0.5) is 5.69 Å². The van der Waals surface area contributed by atoms with Crippen molar-refractivity contribution in [2.75, 3.05) is 31.7 Å². The van der Waals surface area contributed by atoms with Crippen molar-refractivity contribution >= 4 is 5.69 Å². The van der Waals surface area contributed by atoms with Gasteiger partial charge in [0.15, 0.2) is 0 Å².